The summed E-state index contributed by atoms with van der Waals surface area (Å²) in [7, 11) is -4.78. The minimum absolute atomic E-state index is 0. The number of fused-ring (bicyclic) bond motifs is 1. The zero-order valence-electron chi connectivity index (χ0n) is 43.4. The lowest BCUT2D eigenvalue weighted by Crippen LogP contribution is -2.34. The maximum atomic E-state index is 13.3. The lowest BCUT2D eigenvalue weighted by molar-refractivity contribution is -0.112. The van der Waals surface area contributed by atoms with E-state index >= 15 is 0 Å². The van der Waals surface area contributed by atoms with Crippen LogP contribution >= 0.6 is 7.82 Å². The van der Waals surface area contributed by atoms with Gasteiger partial charge >= 0.3 is 25.3 Å². The highest BCUT2D eigenvalue weighted by molar-refractivity contribution is 7.46. The van der Waals surface area contributed by atoms with E-state index in [9.17, 15) is 62.1 Å². The van der Waals surface area contributed by atoms with E-state index in [1.807, 2.05) is 24.1 Å². The van der Waals surface area contributed by atoms with E-state index in [0.717, 1.165) is 27.2 Å². The number of H-pyrrole nitrogens is 3. The number of halogens is 4. The minimum Gasteiger partial charge on any atom is -0.508 e. The largest absolute Gasteiger partial charge is 0.508 e. The van der Waals surface area contributed by atoms with E-state index < -0.39 is 104 Å². The fourth-order valence-electron chi connectivity index (χ4n) is 8.09. The quantitative estimate of drug-likeness (QED) is 0.0213. The van der Waals surface area contributed by atoms with Gasteiger partial charge in [-0.05, 0) is 80.9 Å². The van der Waals surface area contributed by atoms with E-state index in [-0.39, 0.29) is 45.2 Å². The summed E-state index contributed by atoms with van der Waals surface area (Å²) in [5.74, 6) is -2.34. The number of nitrogens with one attached hydrogen (secondary N) is 4. The van der Waals surface area contributed by atoms with Crippen molar-refractivity contribution in [1.29, 1.82) is 0 Å². The summed E-state index contributed by atoms with van der Waals surface area (Å²) < 4.78 is 65.8. The Balaban J connectivity index is 0.000000243. The number of benzene rings is 1. The molecule has 2 aliphatic heterocycles. The summed E-state index contributed by atoms with van der Waals surface area (Å²) >= 11 is 0. The van der Waals surface area contributed by atoms with Crippen LogP contribution in [0.5, 0.6) is 5.75 Å². The van der Waals surface area contributed by atoms with Crippen LogP contribution in [0.15, 0.2) is 121 Å². The van der Waals surface area contributed by atoms with Crippen LogP contribution in [-0.2, 0) is 23.4 Å². The standard InChI is InChI=1S/C26H33NO2.C10H13FN5O7P.C9H11FN2O5.C4H3FN2O2.FH/c1-19(11-16-24-21(3)10-7-17-26(24,4)5)8-6-9-20(2)18-25(29)27-22-12-14-23(28)15-13-22;11-10-14-7(12)4-8(15-10)16(2-13-4)9-6(18)5(17)3(23-9)1-22-24(19,20)21;10-4-2-12(9(16)11-8(4)15)7-1-5(14)6(3-13)17-7;5-2-1-6-4(9)7-3(2)8;/h6,8-9,11-16,18,28H,7,10,17H2,1-5H3,(H,27,29);2-3,5-6,9,17-18H,1H2,(H2,12,14,15)(H2,19,20,21);2,5-7,13-14H,1,3H2,(H,11,15,16);1H,(H2,6,7,8,9);1H/b9-6+,16-11+,19-8+,20-18+;;;;/t;3-,5-,6+,9-;5-,6+,7+;;/m.10../s1. The van der Waals surface area contributed by atoms with Crippen molar-refractivity contribution in [2.75, 3.05) is 24.3 Å². The number of rotatable bonds is 12. The Morgan fingerprint density at radius 2 is 1.64 bits per heavy atom. The maximum Gasteiger partial charge on any atom is 0.469 e. The van der Waals surface area contributed by atoms with Crippen molar-refractivity contribution in [3.8, 4) is 5.75 Å². The van der Waals surface area contributed by atoms with Crippen LogP contribution < -0.4 is 33.5 Å². The van der Waals surface area contributed by atoms with Crippen molar-refractivity contribution < 1.29 is 76.6 Å². The summed E-state index contributed by atoms with van der Waals surface area (Å²) in [5.41, 5.74) is 7.77. The molecule has 26 nitrogen and oxygen atoms in total. The first-order valence-electron chi connectivity index (χ1n) is 23.9. The Morgan fingerprint density at radius 1 is 0.963 bits per heavy atom. The van der Waals surface area contributed by atoms with Gasteiger partial charge in [-0.1, -0.05) is 55.4 Å². The number of aliphatic hydroxyl groups excluding tert-OH is 4. The molecule has 7 atom stereocenters. The van der Waals surface area contributed by atoms with Crippen LogP contribution in [0.2, 0.25) is 0 Å². The molecule has 0 radical (unpaired) electrons. The van der Waals surface area contributed by atoms with Crippen molar-refractivity contribution in [2.24, 2.45) is 5.41 Å². The highest BCUT2D eigenvalue weighted by atomic mass is 31.2. The number of anilines is 2. The van der Waals surface area contributed by atoms with Crippen LogP contribution in [0.1, 0.15) is 72.8 Å². The molecule has 1 aliphatic carbocycles. The summed E-state index contributed by atoms with van der Waals surface area (Å²) in [4.78, 5) is 88.2. The predicted octanol–water partition coefficient (Wildman–Crippen LogP) is 2.81. The molecular weight excluding hydrogens is 1090 g/mol. The van der Waals surface area contributed by atoms with Gasteiger partial charge in [-0.3, -0.25) is 42.7 Å². The van der Waals surface area contributed by atoms with Gasteiger partial charge in [0.2, 0.25) is 17.5 Å². The number of hydrogen-bond acceptors (Lipinski definition) is 18. The third-order valence-electron chi connectivity index (χ3n) is 12.1. The molecule has 0 bridgehead atoms. The Bertz CT molecular complexity index is 3410. The fraction of sp³-hybridized carbons (Fsp3) is 0.388. The normalized spacial score (nSPS) is 22.0. The lowest BCUT2D eigenvalue weighted by Gasteiger charge is -2.32. The smallest absolute Gasteiger partial charge is 0.469 e. The average molecular weight is 1150 g/mol. The highest BCUT2D eigenvalue weighted by Gasteiger charge is 2.45. The molecule has 4 aromatic heterocycles. The van der Waals surface area contributed by atoms with Crippen LogP contribution in [0.3, 0.4) is 0 Å². The number of amides is 1. The molecule has 31 heteroatoms. The number of carbonyl (C=O) groups excluding carboxylic acids is 1. The molecule has 6 heterocycles. The zero-order chi connectivity index (χ0) is 58.5. The number of phenols is 1. The van der Waals surface area contributed by atoms with Gasteiger partial charge in [-0.2, -0.15) is 23.1 Å². The van der Waals surface area contributed by atoms with Gasteiger partial charge in [-0.25, -0.2) is 19.1 Å². The number of aromatic hydroxyl groups is 1. The Kier molecular flexibility index (Phi) is 23.2. The van der Waals surface area contributed by atoms with E-state index in [4.69, 9.17) is 30.1 Å². The van der Waals surface area contributed by atoms with Gasteiger partial charge in [0, 0.05) is 24.4 Å². The van der Waals surface area contributed by atoms with Gasteiger partial charge in [0.05, 0.1) is 31.8 Å². The van der Waals surface area contributed by atoms with Gasteiger partial charge in [0.1, 0.15) is 36.4 Å². The van der Waals surface area contributed by atoms with Crippen molar-refractivity contribution >= 4 is 36.4 Å². The van der Waals surface area contributed by atoms with Crippen LogP contribution in [0.4, 0.5) is 29.4 Å². The molecule has 436 valence electrons. The summed E-state index contributed by atoms with van der Waals surface area (Å²) in [6.45, 7) is 9.80. The number of aliphatic hydroxyl groups is 4. The number of phosphoric acid groups is 1. The molecule has 1 amide bonds. The lowest BCUT2D eigenvalue weighted by atomic mass is 9.72. The molecule has 8 rings (SSSR count). The molecule has 0 saturated carbocycles. The number of nitrogen functional groups attached to an aromatic ring is 1. The van der Waals surface area contributed by atoms with Gasteiger partial charge in [-0.15, -0.1) is 0 Å². The minimum atomic E-state index is -4.78. The molecule has 3 aliphatic rings. The van der Waals surface area contributed by atoms with Crippen LogP contribution in [0.25, 0.3) is 11.2 Å². The summed E-state index contributed by atoms with van der Waals surface area (Å²) in [5, 5.41) is 50.4. The van der Waals surface area contributed by atoms with Crippen molar-refractivity contribution in [2.45, 2.75) is 103 Å². The second-order valence-electron chi connectivity index (χ2n) is 18.7. The number of imidazole rings is 1. The summed E-state index contributed by atoms with van der Waals surface area (Å²) in [6.07, 6.45) is 9.00. The van der Waals surface area contributed by atoms with Gasteiger partial charge in [0.25, 0.3) is 11.1 Å². The Hall–Kier alpha value is -7.51. The number of aromatic nitrogens is 8. The molecular formula is C49H61F4N10O16P. The van der Waals surface area contributed by atoms with Crippen LogP contribution in [-0.4, -0.2) is 124 Å². The number of phenolic OH excluding ortho intramolecular Hbond substituents is 1. The number of nitrogens with zero attached hydrogens (tertiary/aromatic N) is 5. The van der Waals surface area contributed by atoms with E-state index in [0.29, 0.717) is 11.9 Å². The highest BCUT2D eigenvalue weighted by Crippen LogP contribution is 2.41. The zero-order valence-corrected chi connectivity index (χ0v) is 44.3. The number of allylic oxidation sites excluding steroid dienone is 9. The number of carbonyl (C=O) groups is 1. The first-order valence-corrected chi connectivity index (χ1v) is 25.4. The molecule has 0 spiro atoms. The van der Waals surface area contributed by atoms with Crippen LogP contribution in [0, 0.1) is 23.1 Å². The van der Waals surface area contributed by atoms with E-state index in [1.165, 1.54) is 36.0 Å². The number of nitrogens with two attached hydrogens (primary N) is 1. The monoisotopic (exact) mass is 1150 g/mol. The van der Waals surface area contributed by atoms with E-state index in [1.54, 1.807) is 40.3 Å². The summed E-state index contributed by atoms with van der Waals surface area (Å²) in [6, 6.07) is 6.41. The molecule has 0 unspecified atom stereocenters. The first-order chi connectivity index (χ1) is 37.1. The number of hydrogen-bond donors (Lipinski definition) is 12. The Morgan fingerprint density at radius 3 is 2.25 bits per heavy atom. The van der Waals surface area contributed by atoms with Crippen molar-refractivity contribution in [1.82, 2.24) is 39.0 Å². The topological polar surface area (TPSA) is 406 Å². The SMILES string of the molecule is CC1=C(/C=C/C(C)=C/C=C/C(C)=C/C(=O)Nc2ccc(O)cc2)C(C)(C)CCC1.F.Nc1nc(F)nc2c1ncn2[C@@H]1O[C@H](COP(=O)(O)O)[C@@H](O)[C@@H]1O.O=c1[nH]c(=O)n([C@H]2C[C@H](O)[C@@H](CO)O2)cc1F.O=c1[nH]cc(F)c(=O)[nH]1. The number of ether oxygens (including phenoxy) is 2. The number of phosphoric ester groups is 1. The van der Waals surface area contributed by atoms with Gasteiger partial charge < -0.3 is 60.8 Å². The third-order valence-corrected chi connectivity index (χ3v) is 12.6. The van der Waals surface area contributed by atoms with Crippen molar-refractivity contribution in [3.63, 3.8) is 0 Å². The second-order valence-corrected chi connectivity index (χ2v) is 19.9. The van der Waals surface area contributed by atoms with Crippen molar-refractivity contribution in [3.05, 3.63) is 161 Å². The average Bonchev–Trinajstić information content (AvgIpc) is 4.07. The Labute approximate surface area is 450 Å². The second kappa shape index (κ2) is 28.6. The van der Waals surface area contributed by atoms with E-state index in [2.05, 4.69) is 70.7 Å². The molecule has 80 heavy (non-hydrogen) atoms. The number of aromatic amines is 3. The molecule has 1 aromatic carbocycles. The molecule has 5 aromatic rings. The fourth-order valence-corrected chi connectivity index (χ4v) is 8.43. The molecule has 2 fully saturated rings. The van der Waals surface area contributed by atoms with Gasteiger partial charge in [0.15, 0.2) is 23.2 Å². The maximum absolute atomic E-state index is 13.3. The first kappa shape index (κ1) is 65.0. The molecule has 2 saturated heterocycles. The predicted molar refractivity (Wildman–Crippen MR) is 280 cm³/mol. The third kappa shape index (κ3) is 18.3. The molecule has 13 N–H and O–H groups in total.